The summed E-state index contributed by atoms with van der Waals surface area (Å²) in [5, 5.41) is 0. The molecule has 2 heteroatoms. The summed E-state index contributed by atoms with van der Waals surface area (Å²) < 4.78 is 2.51. The highest BCUT2D eigenvalue weighted by Crippen LogP contribution is 2.27. The first-order chi connectivity index (χ1) is 10.4. The van der Waals surface area contributed by atoms with E-state index in [4.69, 9.17) is 0 Å². The number of likely N-dealkylation sites (tertiary alicyclic amines) is 2. The highest BCUT2D eigenvalue weighted by Gasteiger charge is 2.26. The van der Waals surface area contributed by atoms with Crippen molar-refractivity contribution >= 4 is 0 Å². The smallest absolute Gasteiger partial charge is 0.0785 e. The highest BCUT2D eigenvalue weighted by molar-refractivity contribution is 4.66. The zero-order valence-corrected chi connectivity index (χ0v) is 15.9. The Hall–Kier alpha value is -0.0800. The average molecular weight is 311 g/mol. The van der Waals surface area contributed by atoms with Gasteiger partial charge in [-0.2, -0.15) is 0 Å². The fraction of sp³-hybridized carbons (Fsp3) is 1.00. The van der Waals surface area contributed by atoms with Crippen molar-refractivity contribution in [3.05, 3.63) is 0 Å². The maximum atomic E-state index is 2.39. The lowest BCUT2D eigenvalue weighted by Crippen LogP contribution is -2.46. The Kier molecular flexibility index (Phi) is 6.76. The number of hydrogen-bond donors (Lipinski definition) is 0. The Morgan fingerprint density at radius 2 is 0.864 bits per heavy atom. The summed E-state index contributed by atoms with van der Waals surface area (Å²) in [5.41, 5.74) is 0. The molecule has 0 atom stereocenters. The number of piperidine rings is 2. The van der Waals surface area contributed by atoms with E-state index in [0.717, 1.165) is 11.8 Å². The van der Waals surface area contributed by atoms with Gasteiger partial charge < -0.3 is 8.97 Å². The van der Waals surface area contributed by atoms with Crippen LogP contribution in [0.5, 0.6) is 0 Å². The third-order valence-corrected chi connectivity index (χ3v) is 6.55. The lowest BCUT2D eigenvalue weighted by molar-refractivity contribution is -0.896. The Labute approximate surface area is 140 Å². The maximum absolute atomic E-state index is 2.39. The van der Waals surface area contributed by atoms with Gasteiger partial charge in [0.25, 0.3) is 0 Å². The molecule has 0 spiro atoms. The van der Waals surface area contributed by atoms with Gasteiger partial charge in [-0.15, -0.1) is 0 Å². The van der Waals surface area contributed by atoms with Gasteiger partial charge in [0.2, 0.25) is 0 Å². The maximum Gasteiger partial charge on any atom is 0.0785 e. The fourth-order valence-electron chi connectivity index (χ4n) is 4.44. The lowest BCUT2D eigenvalue weighted by atomic mass is 9.89. The summed E-state index contributed by atoms with van der Waals surface area (Å²) in [5.74, 6) is 2.09. The van der Waals surface area contributed by atoms with Gasteiger partial charge in [0.1, 0.15) is 0 Å². The van der Waals surface area contributed by atoms with Crippen molar-refractivity contribution in [2.75, 3.05) is 54.4 Å². The van der Waals surface area contributed by atoms with Gasteiger partial charge in [-0.05, 0) is 37.5 Å². The molecule has 2 nitrogen and oxygen atoms in total. The number of unbranched alkanes of at least 4 members (excludes halogenated alkanes) is 3. The van der Waals surface area contributed by atoms with Crippen LogP contribution >= 0.6 is 0 Å². The third kappa shape index (κ3) is 6.58. The van der Waals surface area contributed by atoms with E-state index < -0.39 is 0 Å². The van der Waals surface area contributed by atoms with Crippen LogP contribution in [0.25, 0.3) is 0 Å². The van der Waals surface area contributed by atoms with Gasteiger partial charge in [0.05, 0.1) is 54.4 Å². The van der Waals surface area contributed by atoms with Crippen molar-refractivity contribution in [1.82, 2.24) is 0 Å². The van der Waals surface area contributed by atoms with E-state index in [2.05, 4.69) is 28.2 Å². The monoisotopic (exact) mass is 310 g/mol. The van der Waals surface area contributed by atoms with Crippen LogP contribution in [0, 0.1) is 11.8 Å². The molecule has 0 saturated carbocycles. The number of hydrogen-bond acceptors (Lipinski definition) is 0. The van der Waals surface area contributed by atoms with E-state index in [0.29, 0.717) is 0 Å². The van der Waals surface area contributed by atoms with Crippen LogP contribution < -0.4 is 0 Å². The predicted molar refractivity (Wildman–Crippen MR) is 96.8 cm³/mol. The molecule has 2 saturated heterocycles. The topological polar surface area (TPSA) is 0 Å². The predicted octanol–water partition coefficient (Wildman–Crippen LogP) is 4.30. The summed E-state index contributed by atoms with van der Waals surface area (Å²) in [6.45, 7) is 5.62. The quantitative estimate of drug-likeness (QED) is 0.486. The molecule has 0 unspecified atom stereocenters. The summed E-state index contributed by atoms with van der Waals surface area (Å²) in [6, 6.07) is 0. The Balaban J connectivity index is 1.44. The van der Waals surface area contributed by atoms with Crippen molar-refractivity contribution in [3.8, 4) is 0 Å². The molecule has 0 aromatic carbocycles. The first-order valence-electron chi connectivity index (χ1n) is 10.0. The van der Waals surface area contributed by atoms with E-state index in [-0.39, 0.29) is 0 Å². The zero-order valence-electron chi connectivity index (χ0n) is 15.9. The minimum atomic E-state index is 1.05. The second-order valence-electron chi connectivity index (χ2n) is 9.64. The van der Waals surface area contributed by atoms with Gasteiger partial charge >= 0.3 is 0 Å². The fourth-order valence-corrected chi connectivity index (χ4v) is 4.44. The first kappa shape index (κ1) is 18.3. The van der Waals surface area contributed by atoms with Crippen molar-refractivity contribution in [2.24, 2.45) is 11.8 Å². The van der Waals surface area contributed by atoms with Crippen LogP contribution in [0.1, 0.15) is 64.2 Å². The first-order valence-corrected chi connectivity index (χ1v) is 10.0. The second kappa shape index (κ2) is 8.15. The third-order valence-electron chi connectivity index (χ3n) is 6.55. The van der Waals surface area contributed by atoms with E-state index in [1.165, 1.54) is 99.4 Å². The van der Waals surface area contributed by atoms with Gasteiger partial charge in [-0.3, -0.25) is 0 Å². The van der Waals surface area contributed by atoms with Crippen LogP contribution in [-0.2, 0) is 0 Å². The zero-order chi connectivity index (χ0) is 16.1. The molecule has 0 aliphatic carbocycles. The SMILES string of the molecule is C[N+]1(C)CCC(CCCCCCC2CC[N+](C)(C)CC2)CC1. The molecular weight excluding hydrogens is 268 g/mol. The number of rotatable bonds is 7. The molecule has 0 aromatic heterocycles. The largest absolute Gasteiger partial charge is 0.328 e. The Morgan fingerprint density at radius 3 is 1.18 bits per heavy atom. The molecule has 0 N–H and O–H groups in total. The molecule has 130 valence electrons. The normalized spacial score (nSPS) is 26.2. The Bertz CT molecular complexity index is 270. The molecule has 2 fully saturated rings. The van der Waals surface area contributed by atoms with Crippen LogP contribution in [0.4, 0.5) is 0 Å². The average Bonchev–Trinajstić information content (AvgIpc) is 2.46. The van der Waals surface area contributed by atoms with E-state index in [9.17, 15) is 0 Å². The summed E-state index contributed by atoms with van der Waals surface area (Å²) >= 11 is 0. The highest BCUT2D eigenvalue weighted by atomic mass is 15.3. The minimum Gasteiger partial charge on any atom is -0.328 e. The summed E-state index contributed by atoms with van der Waals surface area (Å²) in [7, 11) is 9.56. The number of nitrogens with zero attached hydrogens (tertiary/aromatic N) is 2. The van der Waals surface area contributed by atoms with E-state index >= 15 is 0 Å². The van der Waals surface area contributed by atoms with Crippen LogP contribution in [0.3, 0.4) is 0 Å². The summed E-state index contributed by atoms with van der Waals surface area (Å²) in [4.78, 5) is 0. The molecule has 0 aromatic rings. The molecule has 2 heterocycles. The lowest BCUT2D eigenvalue weighted by Gasteiger charge is -2.37. The van der Waals surface area contributed by atoms with Crippen molar-refractivity contribution < 1.29 is 8.97 Å². The van der Waals surface area contributed by atoms with E-state index in [1.54, 1.807) is 0 Å². The minimum absolute atomic E-state index is 1.05. The van der Waals surface area contributed by atoms with Crippen molar-refractivity contribution in [3.63, 3.8) is 0 Å². The van der Waals surface area contributed by atoms with Crippen molar-refractivity contribution in [1.29, 1.82) is 0 Å². The molecule has 0 bridgehead atoms. The number of quaternary nitrogens is 2. The molecule has 2 rings (SSSR count). The van der Waals surface area contributed by atoms with E-state index in [1.807, 2.05) is 0 Å². The molecule has 0 amide bonds. The molecule has 2 aliphatic rings. The van der Waals surface area contributed by atoms with Crippen LogP contribution in [0.15, 0.2) is 0 Å². The van der Waals surface area contributed by atoms with Crippen LogP contribution in [0.2, 0.25) is 0 Å². The molecule has 0 radical (unpaired) electrons. The second-order valence-corrected chi connectivity index (χ2v) is 9.64. The standard InChI is InChI=1S/C20H42N2/c1-21(2)15-11-19(12-16-21)9-7-5-6-8-10-20-13-17-22(3,4)18-14-20/h19-20H,5-18H2,1-4H3/q+2. The van der Waals surface area contributed by atoms with Gasteiger partial charge in [0.15, 0.2) is 0 Å². The molecule has 2 aliphatic heterocycles. The molecule has 22 heavy (non-hydrogen) atoms. The van der Waals surface area contributed by atoms with Gasteiger partial charge in [-0.25, -0.2) is 0 Å². The van der Waals surface area contributed by atoms with Crippen molar-refractivity contribution in [2.45, 2.75) is 64.2 Å². The molecular formula is C20H42N2+2. The van der Waals surface area contributed by atoms with Crippen LogP contribution in [-0.4, -0.2) is 63.3 Å². The Morgan fingerprint density at radius 1 is 0.545 bits per heavy atom. The van der Waals surface area contributed by atoms with Gasteiger partial charge in [-0.1, -0.05) is 38.5 Å². The van der Waals surface area contributed by atoms with Gasteiger partial charge in [0, 0.05) is 0 Å². The summed E-state index contributed by atoms with van der Waals surface area (Å²) in [6.07, 6.45) is 14.9.